The molecule has 0 spiro atoms. The average molecular weight is 425 g/mol. The maximum atomic E-state index is 13.3. The minimum Gasteiger partial charge on any atom is -0.331 e. The van der Waals surface area contributed by atoms with Crippen LogP contribution in [0, 0.1) is 12.8 Å². The topological polar surface area (TPSA) is 79.4 Å². The normalized spacial score (nSPS) is 17.1. The van der Waals surface area contributed by atoms with Crippen molar-refractivity contribution in [3.8, 4) is 11.1 Å². The van der Waals surface area contributed by atoms with Crippen LogP contribution in [0.25, 0.3) is 11.1 Å². The first-order valence-corrected chi connectivity index (χ1v) is 13.0. The number of aromatic nitrogens is 1. The second kappa shape index (κ2) is 7.35. The number of aryl methyl sites for hydroxylation is 1. The van der Waals surface area contributed by atoms with E-state index in [1.807, 2.05) is 30.0 Å². The van der Waals surface area contributed by atoms with Gasteiger partial charge in [-0.25, -0.2) is 4.98 Å². The van der Waals surface area contributed by atoms with Crippen LogP contribution < -0.4 is 10.6 Å². The summed E-state index contributed by atoms with van der Waals surface area (Å²) < 4.78 is 13.2. The quantitative estimate of drug-likeness (QED) is 0.734. The fraction of sp³-hybridized carbons (Fsp3) is 0.435. The molecule has 0 saturated heterocycles. The molecular weight excluding hydrogens is 397 g/mol. The van der Waals surface area contributed by atoms with Gasteiger partial charge in [-0.3, -0.25) is 9.59 Å². The maximum absolute atomic E-state index is 13.3. The summed E-state index contributed by atoms with van der Waals surface area (Å²) in [6.45, 7) is 9.45. The number of anilines is 1. The SMILES string of the molecule is CC(=O)Nc1ccc(-c2cc3c(c(P(C)(C)=O)c2)C(=O)N([C@@H](C)C2CC2)C3)c(C)n1. The van der Waals surface area contributed by atoms with Gasteiger partial charge >= 0.3 is 0 Å². The fourth-order valence-electron chi connectivity index (χ4n) is 4.31. The largest absolute Gasteiger partial charge is 0.331 e. The lowest BCUT2D eigenvalue weighted by Crippen LogP contribution is -2.35. The molecule has 2 aromatic rings. The maximum Gasteiger partial charge on any atom is 0.255 e. The molecule has 0 bridgehead atoms. The van der Waals surface area contributed by atoms with Crippen molar-refractivity contribution >= 4 is 30.1 Å². The molecule has 1 saturated carbocycles. The van der Waals surface area contributed by atoms with Gasteiger partial charge in [0.15, 0.2) is 0 Å². The lowest BCUT2D eigenvalue weighted by atomic mass is 9.99. The summed E-state index contributed by atoms with van der Waals surface area (Å²) in [5.74, 6) is 0.914. The Hall–Kier alpha value is -2.46. The Morgan fingerprint density at radius 1 is 1.27 bits per heavy atom. The molecule has 7 heteroatoms. The Labute approximate surface area is 177 Å². The number of rotatable bonds is 5. The van der Waals surface area contributed by atoms with Crippen molar-refractivity contribution in [3.05, 3.63) is 41.1 Å². The molecule has 2 heterocycles. The summed E-state index contributed by atoms with van der Waals surface area (Å²) in [4.78, 5) is 31.0. The van der Waals surface area contributed by atoms with Crippen LogP contribution in [0.1, 0.15) is 48.3 Å². The molecule has 0 radical (unpaired) electrons. The van der Waals surface area contributed by atoms with Crippen LogP contribution in [0.15, 0.2) is 24.3 Å². The second-order valence-corrected chi connectivity index (χ2v) is 12.1. The summed E-state index contributed by atoms with van der Waals surface area (Å²) >= 11 is 0. The van der Waals surface area contributed by atoms with Crippen molar-refractivity contribution in [2.45, 2.75) is 46.2 Å². The monoisotopic (exact) mass is 425 g/mol. The summed E-state index contributed by atoms with van der Waals surface area (Å²) in [7, 11) is -2.68. The number of pyridine rings is 1. The second-order valence-electron chi connectivity index (χ2n) is 8.90. The number of carbonyl (C=O) groups excluding carboxylic acids is 2. The molecule has 2 aliphatic rings. The van der Waals surface area contributed by atoms with E-state index in [1.54, 1.807) is 19.4 Å². The van der Waals surface area contributed by atoms with Crippen molar-refractivity contribution in [1.29, 1.82) is 0 Å². The predicted molar refractivity (Wildman–Crippen MR) is 120 cm³/mol. The van der Waals surface area contributed by atoms with Crippen molar-refractivity contribution in [2.24, 2.45) is 5.92 Å². The molecule has 1 aliphatic carbocycles. The van der Waals surface area contributed by atoms with E-state index < -0.39 is 7.14 Å². The summed E-state index contributed by atoms with van der Waals surface area (Å²) in [5, 5.41) is 3.35. The van der Waals surface area contributed by atoms with Gasteiger partial charge < -0.3 is 14.8 Å². The van der Waals surface area contributed by atoms with Gasteiger partial charge in [0.05, 0.1) is 5.56 Å². The van der Waals surface area contributed by atoms with E-state index >= 15 is 0 Å². The third-order valence-corrected chi connectivity index (χ3v) is 7.60. The molecule has 1 atom stereocenters. The van der Waals surface area contributed by atoms with Crippen LogP contribution in [0.3, 0.4) is 0 Å². The summed E-state index contributed by atoms with van der Waals surface area (Å²) in [6.07, 6.45) is 2.34. The van der Waals surface area contributed by atoms with Crippen LogP contribution in [-0.4, -0.2) is 41.1 Å². The number of fused-ring (bicyclic) bond motifs is 1. The first-order valence-electron chi connectivity index (χ1n) is 10.4. The van der Waals surface area contributed by atoms with E-state index in [9.17, 15) is 14.2 Å². The van der Waals surface area contributed by atoms with Crippen LogP contribution in [0.4, 0.5) is 5.82 Å². The van der Waals surface area contributed by atoms with Crippen molar-refractivity contribution in [1.82, 2.24) is 9.88 Å². The molecule has 4 rings (SSSR count). The first-order chi connectivity index (χ1) is 14.1. The lowest BCUT2D eigenvalue weighted by molar-refractivity contribution is -0.114. The van der Waals surface area contributed by atoms with Gasteiger partial charge in [-0.1, -0.05) is 0 Å². The molecule has 6 nitrogen and oxygen atoms in total. The third-order valence-electron chi connectivity index (χ3n) is 6.09. The van der Waals surface area contributed by atoms with Crippen LogP contribution in [0.5, 0.6) is 0 Å². The summed E-state index contributed by atoms with van der Waals surface area (Å²) in [6, 6.07) is 7.81. The van der Waals surface area contributed by atoms with Crippen LogP contribution >= 0.6 is 7.14 Å². The number of carbonyl (C=O) groups is 2. The van der Waals surface area contributed by atoms with E-state index in [1.165, 1.54) is 19.8 Å². The molecule has 1 aromatic carbocycles. The summed E-state index contributed by atoms with van der Waals surface area (Å²) in [5.41, 5.74) is 4.14. The van der Waals surface area contributed by atoms with Gasteiger partial charge in [-0.15, -0.1) is 0 Å². The predicted octanol–water partition coefficient (Wildman–Crippen LogP) is 4.02. The Bertz CT molecular complexity index is 1100. The number of hydrogen-bond donors (Lipinski definition) is 1. The Morgan fingerprint density at radius 3 is 2.53 bits per heavy atom. The van der Waals surface area contributed by atoms with Crippen molar-refractivity contribution < 1.29 is 14.2 Å². The molecule has 1 N–H and O–H groups in total. The Kier molecular flexibility index (Phi) is 5.09. The number of hydrogen-bond acceptors (Lipinski definition) is 4. The first kappa shape index (κ1) is 20.8. The van der Waals surface area contributed by atoms with Gasteiger partial charge in [-0.2, -0.15) is 0 Å². The highest BCUT2D eigenvalue weighted by atomic mass is 31.2. The van der Waals surface area contributed by atoms with E-state index in [2.05, 4.69) is 17.2 Å². The third kappa shape index (κ3) is 3.81. The fourth-order valence-corrected chi connectivity index (χ4v) is 5.54. The van der Waals surface area contributed by atoms with Crippen molar-refractivity contribution in [3.63, 3.8) is 0 Å². The molecule has 1 fully saturated rings. The molecule has 1 aromatic heterocycles. The molecule has 1 aliphatic heterocycles. The standard InChI is InChI=1S/C23H28N3O3P/c1-13-19(8-9-21(24-13)25-15(3)27)17-10-18-12-26(14(2)16-6-7-16)23(28)22(18)20(11-17)30(4,5)29/h8-11,14,16H,6-7,12H2,1-5H3,(H,24,25,27)/t14-/m0/s1. The van der Waals surface area contributed by atoms with Crippen LogP contribution in [-0.2, 0) is 15.9 Å². The number of nitrogens with one attached hydrogen (secondary N) is 1. The highest BCUT2D eigenvalue weighted by Gasteiger charge is 2.40. The molecule has 30 heavy (non-hydrogen) atoms. The number of nitrogens with zero attached hydrogens (tertiary/aromatic N) is 2. The number of benzene rings is 1. The smallest absolute Gasteiger partial charge is 0.255 e. The van der Waals surface area contributed by atoms with Gasteiger partial charge in [-0.05, 0) is 81.3 Å². The zero-order chi connectivity index (χ0) is 21.8. The lowest BCUT2D eigenvalue weighted by Gasteiger charge is -2.24. The highest BCUT2D eigenvalue weighted by Crippen LogP contribution is 2.43. The molecular formula is C23H28N3O3P. The van der Waals surface area contributed by atoms with Gasteiger partial charge in [0.2, 0.25) is 5.91 Å². The zero-order valence-electron chi connectivity index (χ0n) is 18.2. The average Bonchev–Trinajstić information content (AvgIpc) is 3.43. The van der Waals surface area contributed by atoms with Crippen molar-refractivity contribution in [2.75, 3.05) is 18.6 Å². The molecule has 0 unspecified atom stereocenters. The van der Waals surface area contributed by atoms with Crippen LogP contribution in [0.2, 0.25) is 0 Å². The van der Waals surface area contributed by atoms with E-state index in [4.69, 9.17) is 0 Å². The van der Waals surface area contributed by atoms with E-state index in [0.29, 0.717) is 29.1 Å². The Balaban J connectivity index is 1.79. The van der Waals surface area contributed by atoms with E-state index in [-0.39, 0.29) is 17.9 Å². The molecule has 158 valence electrons. The van der Waals surface area contributed by atoms with E-state index in [0.717, 1.165) is 22.4 Å². The minimum atomic E-state index is -2.68. The zero-order valence-corrected chi connectivity index (χ0v) is 19.0. The van der Waals surface area contributed by atoms with Gasteiger partial charge in [0, 0.05) is 36.1 Å². The molecule has 2 amide bonds. The minimum absolute atomic E-state index is 0.00530. The van der Waals surface area contributed by atoms with Gasteiger partial charge in [0.1, 0.15) is 13.0 Å². The number of amides is 2. The van der Waals surface area contributed by atoms with Gasteiger partial charge in [0.25, 0.3) is 5.91 Å². The highest BCUT2D eigenvalue weighted by molar-refractivity contribution is 7.70. The Morgan fingerprint density at radius 2 is 1.97 bits per heavy atom.